The van der Waals surface area contributed by atoms with E-state index in [-0.39, 0.29) is 26.3 Å². The molecular weight excluding hydrogens is 624 g/mol. The molecule has 2 unspecified atom stereocenters. The lowest BCUT2D eigenvalue weighted by Crippen LogP contribution is -2.70. The number of alkyl carbamates (subject to hydrolysis) is 1. The number of ether oxygens (including phenoxy) is 2. The SMILES string of the molecule is CC(NC(=O)OC(C)(C)C)C(C1(COc2ccc(C#N)c(F)c2)CN(S(=O)(=O)c2ccc(Cl)cc2Cl)C1)S(=O)(=O)O. The molecule has 16 heteroatoms. The van der Waals surface area contributed by atoms with Gasteiger partial charge in [0.25, 0.3) is 10.1 Å². The van der Waals surface area contributed by atoms with Gasteiger partial charge in [-0.05, 0) is 58.0 Å². The first kappa shape index (κ1) is 32.8. The molecule has 1 aliphatic rings. The molecule has 1 saturated heterocycles. The van der Waals surface area contributed by atoms with Crippen LogP contribution in [0.15, 0.2) is 41.3 Å². The summed E-state index contributed by atoms with van der Waals surface area (Å²) in [7, 11) is -9.24. The Morgan fingerprint density at radius 1 is 1.20 bits per heavy atom. The minimum atomic E-state index is -4.97. The molecule has 1 aliphatic heterocycles. The number of hydrogen-bond donors (Lipinski definition) is 2. The van der Waals surface area contributed by atoms with Crippen LogP contribution in [0.3, 0.4) is 0 Å². The van der Waals surface area contributed by atoms with Gasteiger partial charge in [-0.1, -0.05) is 23.2 Å². The van der Waals surface area contributed by atoms with E-state index in [2.05, 4.69) is 5.32 Å². The predicted octanol–water partition coefficient (Wildman–Crippen LogP) is 4.24. The van der Waals surface area contributed by atoms with Crippen LogP contribution in [0, 0.1) is 22.6 Å². The van der Waals surface area contributed by atoms with Crippen molar-refractivity contribution in [1.29, 1.82) is 5.26 Å². The van der Waals surface area contributed by atoms with E-state index in [1.807, 2.05) is 0 Å². The predicted molar refractivity (Wildman–Crippen MR) is 148 cm³/mol. The topological polar surface area (TPSA) is 163 Å². The molecule has 3 rings (SSSR count). The van der Waals surface area contributed by atoms with E-state index >= 15 is 0 Å². The zero-order valence-corrected chi connectivity index (χ0v) is 25.5. The largest absolute Gasteiger partial charge is 0.493 e. The van der Waals surface area contributed by atoms with Crippen LogP contribution in [0.4, 0.5) is 9.18 Å². The molecule has 0 radical (unpaired) electrons. The Kier molecular flexibility index (Phi) is 9.54. The van der Waals surface area contributed by atoms with E-state index in [0.29, 0.717) is 0 Å². The summed E-state index contributed by atoms with van der Waals surface area (Å²) < 4.78 is 88.6. The number of benzene rings is 2. The molecule has 224 valence electrons. The molecule has 2 aromatic rings. The molecule has 11 nitrogen and oxygen atoms in total. The fourth-order valence-corrected chi connectivity index (χ4v) is 8.39. The molecular formula is C25H28Cl2FN3O8S2. The van der Waals surface area contributed by atoms with Gasteiger partial charge in [-0.15, -0.1) is 0 Å². The van der Waals surface area contributed by atoms with E-state index in [4.69, 9.17) is 37.9 Å². The molecule has 0 aromatic heterocycles. The molecule has 2 N–H and O–H groups in total. The van der Waals surface area contributed by atoms with Crippen LogP contribution in [0.5, 0.6) is 5.75 Å². The van der Waals surface area contributed by atoms with Gasteiger partial charge in [0.2, 0.25) is 10.0 Å². The van der Waals surface area contributed by atoms with E-state index in [0.717, 1.165) is 16.4 Å². The summed E-state index contributed by atoms with van der Waals surface area (Å²) in [5, 5.41) is 9.59. The number of nitrogens with zero attached hydrogens (tertiary/aromatic N) is 2. The summed E-state index contributed by atoms with van der Waals surface area (Å²) in [5.41, 5.74) is -2.81. The zero-order chi connectivity index (χ0) is 31.0. The van der Waals surface area contributed by atoms with Crippen molar-refractivity contribution < 1.29 is 40.0 Å². The molecule has 2 atom stereocenters. The van der Waals surface area contributed by atoms with Crippen LogP contribution < -0.4 is 10.1 Å². The first-order chi connectivity index (χ1) is 18.8. The van der Waals surface area contributed by atoms with E-state index < -0.39 is 74.1 Å². The molecule has 0 aliphatic carbocycles. The van der Waals surface area contributed by atoms with Crippen LogP contribution in [-0.2, 0) is 24.9 Å². The Hall–Kier alpha value is -2.67. The number of halogens is 3. The van der Waals surface area contributed by atoms with Gasteiger partial charge in [-0.2, -0.15) is 18.0 Å². The fraction of sp³-hybridized carbons (Fsp3) is 0.440. The minimum absolute atomic E-state index is 0.0789. The number of nitrogens with one attached hydrogen (secondary N) is 1. The van der Waals surface area contributed by atoms with Crippen molar-refractivity contribution in [3.63, 3.8) is 0 Å². The number of amides is 1. The van der Waals surface area contributed by atoms with Crippen molar-refractivity contribution >= 4 is 49.4 Å². The summed E-state index contributed by atoms with van der Waals surface area (Å²) in [6, 6.07) is 7.47. The van der Waals surface area contributed by atoms with Gasteiger partial charge in [-0.25, -0.2) is 17.6 Å². The minimum Gasteiger partial charge on any atom is -0.493 e. The lowest BCUT2D eigenvalue weighted by molar-refractivity contribution is 0.00305. The van der Waals surface area contributed by atoms with Crippen LogP contribution in [0.25, 0.3) is 0 Å². The standard InChI is InChI=1S/C25H28Cl2FN3O8S2/c1-15(30-23(32)39-24(2,3)4)22(41(35,36)37)25(14-38-18-7-5-16(11-29)20(28)10-18)12-31(13-25)40(33,34)21-8-6-17(26)9-19(21)27/h5-10,15,22H,12-14H2,1-4H3,(H,30,32)(H,35,36,37). The van der Waals surface area contributed by atoms with Crippen LogP contribution >= 0.6 is 23.2 Å². The summed E-state index contributed by atoms with van der Waals surface area (Å²) in [5.74, 6) is -0.967. The van der Waals surface area contributed by atoms with Gasteiger partial charge in [0.1, 0.15) is 33.4 Å². The van der Waals surface area contributed by atoms with Crippen molar-refractivity contribution in [3.05, 3.63) is 57.8 Å². The average Bonchev–Trinajstić information content (AvgIpc) is 2.77. The Morgan fingerprint density at radius 2 is 1.83 bits per heavy atom. The van der Waals surface area contributed by atoms with Crippen molar-refractivity contribution in [2.45, 2.75) is 49.5 Å². The smallest absolute Gasteiger partial charge is 0.407 e. The first-order valence-electron chi connectivity index (χ1n) is 12.0. The highest BCUT2D eigenvalue weighted by Crippen LogP contribution is 2.43. The zero-order valence-electron chi connectivity index (χ0n) is 22.4. The van der Waals surface area contributed by atoms with Crippen LogP contribution in [0.2, 0.25) is 10.0 Å². The van der Waals surface area contributed by atoms with Gasteiger partial charge >= 0.3 is 6.09 Å². The Bertz CT molecular complexity index is 1580. The second-order valence-corrected chi connectivity index (χ2v) is 14.9. The number of carbonyl (C=O) groups excluding carboxylic acids is 1. The third-order valence-corrected chi connectivity index (χ3v) is 10.3. The second kappa shape index (κ2) is 11.9. The van der Waals surface area contributed by atoms with Crippen molar-refractivity contribution in [1.82, 2.24) is 9.62 Å². The van der Waals surface area contributed by atoms with Crippen molar-refractivity contribution in [2.75, 3.05) is 19.7 Å². The number of carbonyl (C=O) groups is 1. The Balaban J connectivity index is 1.99. The maximum Gasteiger partial charge on any atom is 0.407 e. The quantitative estimate of drug-likeness (QED) is 0.377. The average molecular weight is 653 g/mol. The normalized spacial score (nSPS) is 17.0. The Labute approximate surface area is 247 Å². The maximum atomic E-state index is 14.2. The monoisotopic (exact) mass is 651 g/mol. The van der Waals surface area contributed by atoms with Gasteiger partial charge < -0.3 is 14.8 Å². The lowest BCUT2D eigenvalue weighted by Gasteiger charge is -2.52. The van der Waals surface area contributed by atoms with Gasteiger partial charge in [0.05, 0.1) is 22.6 Å². The number of sulfonamides is 1. The van der Waals surface area contributed by atoms with E-state index in [1.54, 1.807) is 26.8 Å². The highest BCUT2D eigenvalue weighted by Gasteiger charge is 2.59. The number of nitriles is 1. The summed E-state index contributed by atoms with van der Waals surface area (Å²) in [4.78, 5) is 12.2. The third-order valence-electron chi connectivity index (χ3n) is 6.20. The van der Waals surface area contributed by atoms with Crippen LogP contribution in [-0.4, -0.2) is 68.4 Å². The third kappa shape index (κ3) is 7.59. The van der Waals surface area contributed by atoms with Crippen molar-refractivity contribution in [2.24, 2.45) is 5.41 Å². The molecule has 2 aromatic carbocycles. The first-order valence-corrected chi connectivity index (χ1v) is 15.7. The summed E-state index contributed by atoms with van der Waals surface area (Å²) in [6.45, 7) is 4.60. The lowest BCUT2D eigenvalue weighted by atomic mass is 9.76. The maximum absolute atomic E-state index is 14.2. The highest BCUT2D eigenvalue weighted by atomic mass is 35.5. The van der Waals surface area contributed by atoms with Crippen LogP contribution in [0.1, 0.15) is 33.3 Å². The summed E-state index contributed by atoms with van der Waals surface area (Å²) >= 11 is 12.0. The van der Waals surface area contributed by atoms with E-state index in [1.165, 1.54) is 31.2 Å². The number of rotatable bonds is 9. The molecule has 0 bridgehead atoms. The van der Waals surface area contributed by atoms with E-state index in [9.17, 15) is 30.6 Å². The second-order valence-electron chi connectivity index (χ2n) is 10.6. The Morgan fingerprint density at radius 3 is 2.34 bits per heavy atom. The summed E-state index contributed by atoms with van der Waals surface area (Å²) in [6.07, 6.45) is -0.972. The van der Waals surface area contributed by atoms with Gasteiger partial charge in [-0.3, -0.25) is 4.55 Å². The molecule has 0 saturated carbocycles. The highest BCUT2D eigenvalue weighted by molar-refractivity contribution is 7.89. The molecule has 1 fully saturated rings. The molecule has 41 heavy (non-hydrogen) atoms. The molecule has 1 amide bonds. The van der Waals surface area contributed by atoms with Gasteiger partial charge in [0.15, 0.2) is 0 Å². The fourth-order valence-electron chi connectivity index (χ4n) is 4.58. The number of hydrogen-bond acceptors (Lipinski definition) is 8. The molecule has 1 heterocycles. The van der Waals surface area contributed by atoms with Crippen molar-refractivity contribution in [3.8, 4) is 11.8 Å². The van der Waals surface area contributed by atoms with Gasteiger partial charge in [0, 0.05) is 30.2 Å². The molecule has 0 spiro atoms.